The van der Waals surface area contributed by atoms with Crippen molar-refractivity contribution < 1.29 is 9.18 Å². The number of nitrogens with one attached hydrogen (secondary N) is 1. The normalized spacial score (nSPS) is 27.1. The van der Waals surface area contributed by atoms with E-state index in [1.54, 1.807) is 12.1 Å². The summed E-state index contributed by atoms with van der Waals surface area (Å²) in [6.45, 7) is 3.56. The standard InChI is InChI=1S/C14H17FN2O/c15-13-3-1-2-12(5-13)14(18)17-8-10-4-11(9-17)7-16-6-10/h1-3,5,10-11,16H,4,6-9H2/t10-,11-/m1/s1. The second-order valence-corrected chi connectivity index (χ2v) is 5.35. The minimum absolute atomic E-state index is 0.0360. The fraction of sp³-hybridized carbons (Fsp3) is 0.500. The van der Waals surface area contributed by atoms with Crippen molar-refractivity contribution in [1.82, 2.24) is 10.2 Å². The second kappa shape index (κ2) is 4.69. The predicted molar refractivity (Wildman–Crippen MR) is 66.8 cm³/mol. The van der Waals surface area contributed by atoms with Gasteiger partial charge in [0.25, 0.3) is 5.91 Å². The van der Waals surface area contributed by atoms with Gasteiger partial charge in [0.05, 0.1) is 0 Å². The van der Waals surface area contributed by atoms with E-state index in [-0.39, 0.29) is 11.7 Å². The van der Waals surface area contributed by atoms with Crippen LogP contribution in [0.4, 0.5) is 4.39 Å². The van der Waals surface area contributed by atoms with Crippen molar-refractivity contribution >= 4 is 5.91 Å². The molecule has 2 aliphatic heterocycles. The molecule has 1 aromatic carbocycles. The molecule has 0 saturated carbocycles. The van der Waals surface area contributed by atoms with Crippen LogP contribution in [0.15, 0.2) is 24.3 Å². The van der Waals surface area contributed by atoms with Crippen molar-refractivity contribution in [2.24, 2.45) is 11.8 Å². The summed E-state index contributed by atoms with van der Waals surface area (Å²) < 4.78 is 13.1. The fourth-order valence-corrected chi connectivity index (χ4v) is 3.08. The molecular formula is C14H17FN2O. The van der Waals surface area contributed by atoms with E-state index in [9.17, 15) is 9.18 Å². The molecule has 1 amide bonds. The zero-order chi connectivity index (χ0) is 12.5. The molecule has 1 aromatic rings. The van der Waals surface area contributed by atoms with Gasteiger partial charge in [-0.3, -0.25) is 4.79 Å². The van der Waals surface area contributed by atoms with Gasteiger partial charge in [0.15, 0.2) is 0 Å². The molecular weight excluding hydrogens is 231 g/mol. The van der Waals surface area contributed by atoms with Crippen LogP contribution in [0.5, 0.6) is 0 Å². The molecule has 2 heterocycles. The number of amides is 1. The lowest BCUT2D eigenvalue weighted by Gasteiger charge is -2.41. The molecule has 0 radical (unpaired) electrons. The molecule has 0 aliphatic carbocycles. The number of nitrogens with zero attached hydrogens (tertiary/aromatic N) is 1. The number of carbonyl (C=O) groups is 1. The highest BCUT2D eigenvalue weighted by molar-refractivity contribution is 5.94. The SMILES string of the molecule is O=C(c1cccc(F)c1)N1C[C@H]2CNC[C@@H](C2)C1. The number of rotatable bonds is 1. The Balaban J connectivity index is 1.76. The number of hydrogen-bond acceptors (Lipinski definition) is 2. The smallest absolute Gasteiger partial charge is 0.253 e. The Kier molecular flexibility index (Phi) is 3.04. The molecule has 0 aromatic heterocycles. The van der Waals surface area contributed by atoms with Crippen LogP contribution in [0.2, 0.25) is 0 Å². The Bertz CT molecular complexity index is 451. The summed E-state index contributed by atoms with van der Waals surface area (Å²) in [4.78, 5) is 14.2. The molecule has 4 heteroatoms. The van der Waals surface area contributed by atoms with Crippen LogP contribution in [0.3, 0.4) is 0 Å². The van der Waals surface area contributed by atoms with Gasteiger partial charge in [-0.25, -0.2) is 4.39 Å². The largest absolute Gasteiger partial charge is 0.338 e. The van der Waals surface area contributed by atoms with E-state index in [0.29, 0.717) is 17.4 Å². The van der Waals surface area contributed by atoms with Gasteiger partial charge in [-0.1, -0.05) is 6.07 Å². The minimum Gasteiger partial charge on any atom is -0.338 e. The lowest BCUT2D eigenvalue weighted by atomic mass is 9.85. The van der Waals surface area contributed by atoms with Gasteiger partial charge in [0, 0.05) is 18.7 Å². The number of benzene rings is 1. The molecule has 1 N–H and O–H groups in total. The summed E-state index contributed by atoms with van der Waals surface area (Å²) in [7, 11) is 0. The van der Waals surface area contributed by atoms with Gasteiger partial charge in [0.1, 0.15) is 5.82 Å². The number of hydrogen-bond donors (Lipinski definition) is 1. The molecule has 2 atom stereocenters. The minimum atomic E-state index is -0.347. The van der Waals surface area contributed by atoms with Crippen molar-refractivity contribution in [1.29, 1.82) is 0 Å². The van der Waals surface area contributed by atoms with Crippen LogP contribution in [0.25, 0.3) is 0 Å². The van der Waals surface area contributed by atoms with E-state index in [2.05, 4.69) is 5.32 Å². The Morgan fingerprint density at radius 2 is 2.00 bits per heavy atom. The highest BCUT2D eigenvalue weighted by atomic mass is 19.1. The van der Waals surface area contributed by atoms with Crippen molar-refractivity contribution in [2.45, 2.75) is 6.42 Å². The lowest BCUT2D eigenvalue weighted by Crippen LogP contribution is -2.52. The van der Waals surface area contributed by atoms with Crippen LogP contribution in [-0.4, -0.2) is 37.0 Å². The highest BCUT2D eigenvalue weighted by Gasteiger charge is 2.32. The maximum Gasteiger partial charge on any atom is 0.253 e. The molecule has 96 valence electrons. The lowest BCUT2D eigenvalue weighted by molar-refractivity contribution is 0.0537. The van der Waals surface area contributed by atoms with Gasteiger partial charge in [-0.05, 0) is 49.5 Å². The molecule has 2 aliphatic rings. The quantitative estimate of drug-likeness (QED) is 0.817. The summed E-state index contributed by atoms with van der Waals surface area (Å²) in [5.41, 5.74) is 0.461. The number of carbonyl (C=O) groups excluding carboxylic acids is 1. The van der Waals surface area contributed by atoms with Crippen molar-refractivity contribution in [2.75, 3.05) is 26.2 Å². The Hall–Kier alpha value is -1.42. The summed E-state index contributed by atoms with van der Waals surface area (Å²) in [5, 5.41) is 3.40. The first-order chi connectivity index (χ1) is 8.72. The average molecular weight is 248 g/mol. The number of halogens is 1. The Morgan fingerprint density at radius 3 is 2.67 bits per heavy atom. The van der Waals surface area contributed by atoms with Gasteiger partial charge in [-0.2, -0.15) is 0 Å². The molecule has 3 rings (SSSR count). The third kappa shape index (κ3) is 2.25. The monoisotopic (exact) mass is 248 g/mol. The maximum absolute atomic E-state index is 13.1. The summed E-state index contributed by atoms with van der Waals surface area (Å²) >= 11 is 0. The zero-order valence-corrected chi connectivity index (χ0v) is 10.2. The zero-order valence-electron chi connectivity index (χ0n) is 10.2. The number of likely N-dealkylation sites (tertiary alicyclic amines) is 1. The van der Waals surface area contributed by atoms with Crippen LogP contribution < -0.4 is 5.32 Å². The average Bonchev–Trinajstić information content (AvgIpc) is 2.37. The van der Waals surface area contributed by atoms with Crippen molar-refractivity contribution in [3.8, 4) is 0 Å². The van der Waals surface area contributed by atoms with E-state index in [4.69, 9.17) is 0 Å². The van der Waals surface area contributed by atoms with Crippen molar-refractivity contribution in [3.05, 3.63) is 35.6 Å². The van der Waals surface area contributed by atoms with E-state index < -0.39 is 0 Å². The second-order valence-electron chi connectivity index (χ2n) is 5.35. The van der Waals surface area contributed by atoms with Crippen LogP contribution in [0, 0.1) is 17.7 Å². The van der Waals surface area contributed by atoms with Crippen LogP contribution in [0.1, 0.15) is 16.8 Å². The first-order valence-corrected chi connectivity index (χ1v) is 6.48. The first-order valence-electron chi connectivity index (χ1n) is 6.48. The topological polar surface area (TPSA) is 32.3 Å². The van der Waals surface area contributed by atoms with E-state index in [1.807, 2.05) is 4.90 Å². The summed E-state index contributed by atoms with van der Waals surface area (Å²) in [6, 6.07) is 5.97. The molecule has 2 fully saturated rings. The Labute approximate surface area is 106 Å². The van der Waals surface area contributed by atoms with Gasteiger partial charge >= 0.3 is 0 Å². The molecule has 0 spiro atoms. The fourth-order valence-electron chi connectivity index (χ4n) is 3.08. The highest BCUT2D eigenvalue weighted by Crippen LogP contribution is 2.25. The van der Waals surface area contributed by atoms with E-state index in [1.165, 1.54) is 18.6 Å². The third-order valence-corrected chi connectivity index (χ3v) is 3.85. The predicted octanol–water partition coefficient (Wildman–Crippen LogP) is 1.51. The Morgan fingerprint density at radius 1 is 1.28 bits per heavy atom. The third-order valence-electron chi connectivity index (χ3n) is 3.85. The number of fused-ring (bicyclic) bond motifs is 2. The summed E-state index contributed by atoms with van der Waals surface area (Å²) in [5.74, 6) is 0.718. The maximum atomic E-state index is 13.1. The van der Waals surface area contributed by atoms with Gasteiger partial charge in [-0.15, -0.1) is 0 Å². The number of piperidine rings is 2. The van der Waals surface area contributed by atoms with E-state index in [0.717, 1.165) is 26.2 Å². The molecule has 2 saturated heterocycles. The molecule has 3 nitrogen and oxygen atoms in total. The summed E-state index contributed by atoms with van der Waals surface area (Å²) in [6.07, 6.45) is 1.21. The van der Waals surface area contributed by atoms with E-state index >= 15 is 0 Å². The molecule has 0 unspecified atom stereocenters. The van der Waals surface area contributed by atoms with Crippen LogP contribution >= 0.6 is 0 Å². The molecule has 18 heavy (non-hydrogen) atoms. The van der Waals surface area contributed by atoms with Crippen molar-refractivity contribution in [3.63, 3.8) is 0 Å². The van der Waals surface area contributed by atoms with Gasteiger partial charge < -0.3 is 10.2 Å². The van der Waals surface area contributed by atoms with Crippen LogP contribution in [-0.2, 0) is 0 Å². The first kappa shape index (κ1) is 11.7. The van der Waals surface area contributed by atoms with Gasteiger partial charge in [0.2, 0.25) is 0 Å². The molecule has 2 bridgehead atoms.